The second-order valence-electron chi connectivity index (χ2n) is 7.14. The van der Waals surface area contributed by atoms with Gasteiger partial charge in [0.1, 0.15) is 18.0 Å². The van der Waals surface area contributed by atoms with Crippen LogP contribution in [0.3, 0.4) is 0 Å². The molecule has 1 unspecified atom stereocenters. The Labute approximate surface area is 186 Å². The third-order valence-corrected chi connectivity index (χ3v) is 4.51. The predicted octanol–water partition coefficient (Wildman–Crippen LogP) is 3.58. The van der Waals surface area contributed by atoms with Crippen molar-refractivity contribution in [3.8, 4) is 11.5 Å². The SMILES string of the molecule is CN(C)C(=O)C(OC(=O)CNC(=O)c1ccc(Oc2ccccc2)cc1)c1ccccc1. The Hall–Kier alpha value is -4.13. The van der Waals surface area contributed by atoms with Gasteiger partial charge < -0.3 is 19.7 Å². The first kappa shape index (κ1) is 22.6. The minimum atomic E-state index is -1.08. The van der Waals surface area contributed by atoms with Crippen molar-refractivity contribution in [1.29, 1.82) is 0 Å². The molecule has 1 N–H and O–H groups in total. The van der Waals surface area contributed by atoms with E-state index < -0.39 is 18.0 Å². The Morgan fingerprint density at radius 2 is 1.38 bits per heavy atom. The van der Waals surface area contributed by atoms with Gasteiger partial charge in [-0.05, 0) is 36.4 Å². The van der Waals surface area contributed by atoms with Gasteiger partial charge in [-0.2, -0.15) is 0 Å². The standard InChI is InChI=1S/C25H24N2O5/c1-27(2)25(30)23(18-9-5-3-6-10-18)32-22(28)17-26-24(29)19-13-15-21(16-14-19)31-20-11-7-4-8-12-20/h3-16,23H,17H2,1-2H3,(H,26,29). The van der Waals surface area contributed by atoms with Gasteiger partial charge in [0, 0.05) is 25.2 Å². The zero-order valence-electron chi connectivity index (χ0n) is 17.9. The minimum absolute atomic E-state index is 0.363. The molecule has 2 amide bonds. The Morgan fingerprint density at radius 3 is 1.97 bits per heavy atom. The molecule has 7 nitrogen and oxygen atoms in total. The van der Waals surface area contributed by atoms with Gasteiger partial charge in [0.05, 0.1) is 0 Å². The maximum absolute atomic E-state index is 12.5. The van der Waals surface area contributed by atoms with Gasteiger partial charge >= 0.3 is 5.97 Å². The zero-order valence-corrected chi connectivity index (χ0v) is 17.9. The fraction of sp³-hybridized carbons (Fsp3) is 0.160. The van der Waals surface area contributed by atoms with Crippen LogP contribution in [0.5, 0.6) is 11.5 Å². The smallest absolute Gasteiger partial charge is 0.326 e. The highest BCUT2D eigenvalue weighted by molar-refractivity contribution is 5.96. The number of carbonyl (C=O) groups excluding carboxylic acids is 3. The summed E-state index contributed by atoms with van der Waals surface area (Å²) in [7, 11) is 3.16. The maximum atomic E-state index is 12.5. The molecule has 0 aliphatic heterocycles. The molecule has 0 heterocycles. The molecule has 32 heavy (non-hydrogen) atoms. The Bertz CT molecular complexity index is 1050. The van der Waals surface area contributed by atoms with E-state index in [0.717, 1.165) is 0 Å². The minimum Gasteiger partial charge on any atom is -0.457 e. The molecule has 164 valence electrons. The summed E-state index contributed by atoms with van der Waals surface area (Å²) < 4.78 is 11.1. The van der Waals surface area contributed by atoms with Crippen molar-refractivity contribution in [3.05, 3.63) is 96.1 Å². The summed E-state index contributed by atoms with van der Waals surface area (Å²) in [5.41, 5.74) is 0.919. The molecular weight excluding hydrogens is 408 g/mol. The van der Waals surface area contributed by atoms with Crippen LogP contribution in [0.4, 0.5) is 0 Å². The maximum Gasteiger partial charge on any atom is 0.326 e. The quantitative estimate of drug-likeness (QED) is 0.550. The van der Waals surface area contributed by atoms with Gasteiger partial charge in [-0.15, -0.1) is 0 Å². The molecule has 3 aromatic rings. The normalized spacial score (nSPS) is 11.2. The Balaban J connectivity index is 1.56. The first-order chi connectivity index (χ1) is 15.4. The molecule has 0 radical (unpaired) electrons. The van der Waals surface area contributed by atoms with Gasteiger partial charge in [0.25, 0.3) is 11.8 Å². The van der Waals surface area contributed by atoms with Crippen LogP contribution in [0, 0.1) is 0 Å². The molecule has 0 saturated heterocycles. The van der Waals surface area contributed by atoms with Crippen molar-refractivity contribution < 1.29 is 23.9 Å². The average molecular weight is 432 g/mol. The number of carbonyl (C=O) groups is 3. The Morgan fingerprint density at radius 1 is 0.812 bits per heavy atom. The van der Waals surface area contributed by atoms with Crippen LogP contribution < -0.4 is 10.1 Å². The van der Waals surface area contributed by atoms with Crippen molar-refractivity contribution >= 4 is 17.8 Å². The number of benzene rings is 3. The largest absolute Gasteiger partial charge is 0.457 e. The number of hydrogen-bond donors (Lipinski definition) is 1. The lowest BCUT2D eigenvalue weighted by molar-refractivity contribution is -0.158. The molecule has 0 fully saturated rings. The van der Waals surface area contributed by atoms with E-state index in [1.54, 1.807) is 68.7 Å². The van der Waals surface area contributed by atoms with Crippen LogP contribution in [-0.2, 0) is 14.3 Å². The monoisotopic (exact) mass is 432 g/mol. The highest BCUT2D eigenvalue weighted by Crippen LogP contribution is 2.21. The Kier molecular flexibility index (Phi) is 7.59. The highest BCUT2D eigenvalue weighted by atomic mass is 16.5. The fourth-order valence-electron chi connectivity index (χ4n) is 2.85. The topological polar surface area (TPSA) is 84.9 Å². The van der Waals surface area contributed by atoms with Gasteiger partial charge in [-0.3, -0.25) is 14.4 Å². The number of nitrogens with one attached hydrogen (secondary N) is 1. The first-order valence-electron chi connectivity index (χ1n) is 10.0. The summed E-state index contributed by atoms with van der Waals surface area (Å²) in [5.74, 6) is -0.257. The van der Waals surface area contributed by atoms with Crippen molar-refractivity contribution in [2.45, 2.75) is 6.10 Å². The number of likely N-dealkylation sites (N-methyl/N-ethyl adjacent to an activating group) is 1. The van der Waals surface area contributed by atoms with Gasteiger partial charge in [-0.25, -0.2) is 0 Å². The number of rotatable bonds is 8. The summed E-state index contributed by atoms with van der Waals surface area (Å²) in [5, 5.41) is 2.51. The molecule has 3 aromatic carbocycles. The van der Waals surface area contributed by atoms with Crippen molar-refractivity contribution in [2.24, 2.45) is 0 Å². The molecule has 0 spiro atoms. The van der Waals surface area contributed by atoms with Gasteiger partial charge in [0.2, 0.25) is 6.10 Å². The lowest BCUT2D eigenvalue weighted by atomic mass is 10.1. The number of amides is 2. The van der Waals surface area contributed by atoms with Crippen molar-refractivity contribution in [2.75, 3.05) is 20.6 Å². The summed E-state index contributed by atoms with van der Waals surface area (Å²) in [6.45, 7) is -0.370. The molecular formula is C25H24N2O5. The first-order valence-corrected chi connectivity index (χ1v) is 10.0. The van der Waals surface area contributed by atoms with Crippen LogP contribution in [0.2, 0.25) is 0 Å². The molecule has 1 atom stereocenters. The number of para-hydroxylation sites is 1. The van der Waals surface area contributed by atoms with E-state index in [-0.39, 0.29) is 12.5 Å². The lowest BCUT2D eigenvalue weighted by Gasteiger charge is -2.21. The zero-order chi connectivity index (χ0) is 22.9. The third kappa shape index (κ3) is 6.18. The second kappa shape index (κ2) is 10.8. The molecule has 0 aromatic heterocycles. The molecule has 0 bridgehead atoms. The molecule has 0 aliphatic carbocycles. The molecule has 3 rings (SSSR count). The van der Waals surface area contributed by atoms with E-state index in [2.05, 4.69) is 5.32 Å². The summed E-state index contributed by atoms with van der Waals surface area (Å²) in [6, 6.07) is 24.5. The number of esters is 1. The highest BCUT2D eigenvalue weighted by Gasteiger charge is 2.26. The number of ether oxygens (including phenoxy) is 2. The fourth-order valence-corrected chi connectivity index (χ4v) is 2.85. The molecule has 0 aliphatic rings. The summed E-state index contributed by atoms with van der Waals surface area (Å²) in [4.78, 5) is 38.5. The van der Waals surface area contributed by atoms with Crippen LogP contribution in [-0.4, -0.2) is 43.3 Å². The predicted molar refractivity (Wildman–Crippen MR) is 119 cm³/mol. The second-order valence-corrected chi connectivity index (χ2v) is 7.14. The van der Waals surface area contributed by atoms with Crippen LogP contribution in [0.15, 0.2) is 84.9 Å². The van der Waals surface area contributed by atoms with E-state index in [9.17, 15) is 14.4 Å². The van der Waals surface area contributed by atoms with E-state index in [1.165, 1.54) is 4.90 Å². The van der Waals surface area contributed by atoms with Gasteiger partial charge in [-0.1, -0.05) is 48.5 Å². The van der Waals surface area contributed by atoms with Crippen LogP contribution in [0.25, 0.3) is 0 Å². The van der Waals surface area contributed by atoms with E-state index >= 15 is 0 Å². The van der Waals surface area contributed by atoms with Crippen LogP contribution in [0.1, 0.15) is 22.0 Å². The molecule has 7 heteroatoms. The summed E-state index contributed by atoms with van der Waals surface area (Å²) >= 11 is 0. The van der Waals surface area contributed by atoms with E-state index in [1.807, 2.05) is 30.3 Å². The van der Waals surface area contributed by atoms with E-state index in [0.29, 0.717) is 22.6 Å². The molecule has 0 saturated carbocycles. The van der Waals surface area contributed by atoms with Gasteiger partial charge in [0.15, 0.2) is 0 Å². The lowest BCUT2D eigenvalue weighted by Crippen LogP contribution is -2.35. The van der Waals surface area contributed by atoms with Crippen molar-refractivity contribution in [3.63, 3.8) is 0 Å². The van der Waals surface area contributed by atoms with E-state index in [4.69, 9.17) is 9.47 Å². The summed E-state index contributed by atoms with van der Waals surface area (Å²) in [6.07, 6.45) is -1.08. The van der Waals surface area contributed by atoms with Crippen molar-refractivity contribution in [1.82, 2.24) is 10.2 Å². The third-order valence-electron chi connectivity index (χ3n) is 4.51. The number of hydrogen-bond acceptors (Lipinski definition) is 5. The van der Waals surface area contributed by atoms with Crippen LogP contribution >= 0.6 is 0 Å². The average Bonchev–Trinajstić information content (AvgIpc) is 2.82. The number of nitrogens with zero attached hydrogens (tertiary/aromatic N) is 1.